The molecule has 0 spiro atoms. The molecular weight excluding hydrogens is 306 g/mol. The summed E-state index contributed by atoms with van der Waals surface area (Å²) in [6.45, 7) is 5.49. The highest BCUT2D eigenvalue weighted by Crippen LogP contribution is 2.42. The number of thiazole rings is 1. The van der Waals surface area contributed by atoms with Gasteiger partial charge in [-0.2, -0.15) is 0 Å². The number of carbonyl (C=O) groups is 1. The van der Waals surface area contributed by atoms with Crippen LogP contribution in [0.3, 0.4) is 0 Å². The van der Waals surface area contributed by atoms with Crippen LogP contribution in [0.25, 0.3) is 0 Å². The normalized spacial score (nSPS) is 28.7. The largest absolute Gasteiger partial charge is 0.351 e. The van der Waals surface area contributed by atoms with E-state index in [0.717, 1.165) is 29.1 Å². The second kappa shape index (κ2) is 6.52. The van der Waals surface area contributed by atoms with E-state index in [0.29, 0.717) is 18.4 Å². The molecule has 2 aliphatic carbocycles. The van der Waals surface area contributed by atoms with Crippen LogP contribution in [0, 0.1) is 24.7 Å². The second-order valence-corrected chi connectivity index (χ2v) is 8.79. The first kappa shape index (κ1) is 15.6. The number of carbonyl (C=O) groups excluding carboxylic acids is 1. The van der Waals surface area contributed by atoms with E-state index in [9.17, 15) is 4.79 Å². The number of hydrogen-bond acceptors (Lipinski definition) is 4. The van der Waals surface area contributed by atoms with Gasteiger partial charge < -0.3 is 10.2 Å². The van der Waals surface area contributed by atoms with Crippen molar-refractivity contribution >= 4 is 17.2 Å². The van der Waals surface area contributed by atoms with Gasteiger partial charge in [-0.15, -0.1) is 11.3 Å². The molecule has 0 radical (unpaired) electrons. The molecule has 1 saturated heterocycles. The summed E-state index contributed by atoms with van der Waals surface area (Å²) in [6, 6.07) is 0.356. The SMILES string of the molecule is Cc1nc(CC(=O)N[C@H]2CN(CC3CCC3)C[C@@H]2C2CC2)cs1. The van der Waals surface area contributed by atoms with Crippen LogP contribution in [0.5, 0.6) is 0 Å². The van der Waals surface area contributed by atoms with Gasteiger partial charge in [-0.05, 0) is 50.4 Å². The quantitative estimate of drug-likeness (QED) is 0.870. The average molecular weight is 334 g/mol. The third kappa shape index (κ3) is 3.77. The van der Waals surface area contributed by atoms with Crippen LogP contribution in [-0.2, 0) is 11.2 Å². The molecule has 2 saturated carbocycles. The monoisotopic (exact) mass is 333 g/mol. The predicted molar refractivity (Wildman–Crippen MR) is 92.5 cm³/mol. The van der Waals surface area contributed by atoms with Crippen LogP contribution in [0.2, 0.25) is 0 Å². The van der Waals surface area contributed by atoms with Gasteiger partial charge in [0.05, 0.1) is 17.1 Å². The molecule has 2 heterocycles. The summed E-state index contributed by atoms with van der Waals surface area (Å²) in [5, 5.41) is 6.37. The summed E-state index contributed by atoms with van der Waals surface area (Å²) in [5.41, 5.74) is 0.914. The molecule has 4 rings (SSSR count). The lowest BCUT2D eigenvalue weighted by atomic mass is 9.85. The van der Waals surface area contributed by atoms with E-state index in [1.165, 1.54) is 45.2 Å². The molecular formula is C18H27N3OS. The molecule has 126 valence electrons. The van der Waals surface area contributed by atoms with Crippen molar-refractivity contribution in [3.05, 3.63) is 16.1 Å². The minimum absolute atomic E-state index is 0.149. The van der Waals surface area contributed by atoms with Crippen molar-refractivity contribution in [3.8, 4) is 0 Å². The van der Waals surface area contributed by atoms with E-state index in [-0.39, 0.29) is 5.91 Å². The molecule has 0 aromatic carbocycles. The Labute approximate surface area is 142 Å². The highest BCUT2D eigenvalue weighted by molar-refractivity contribution is 7.09. The first-order valence-electron chi connectivity index (χ1n) is 9.10. The standard InChI is InChI=1S/C18H27N3OS/c1-12-19-15(11-23-12)7-18(22)20-17-10-21(8-13-3-2-4-13)9-16(17)14-5-6-14/h11,13-14,16-17H,2-10H2,1H3,(H,20,22)/t16-,17+/m1/s1. The third-order valence-corrected chi connectivity index (χ3v) is 6.59. The number of aryl methyl sites for hydroxylation is 1. The van der Waals surface area contributed by atoms with Crippen LogP contribution in [0.1, 0.15) is 42.8 Å². The summed E-state index contributed by atoms with van der Waals surface area (Å²) in [6.07, 6.45) is 7.38. The number of nitrogens with one attached hydrogen (secondary N) is 1. The van der Waals surface area contributed by atoms with E-state index in [4.69, 9.17) is 0 Å². The van der Waals surface area contributed by atoms with Crippen LogP contribution in [-0.4, -0.2) is 41.5 Å². The molecule has 2 atom stereocenters. The van der Waals surface area contributed by atoms with Crippen molar-refractivity contribution in [2.45, 2.75) is 51.5 Å². The van der Waals surface area contributed by atoms with Crippen molar-refractivity contribution in [2.24, 2.45) is 17.8 Å². The van der Waals surface area contributed by atoms with Crippen molar-refractivity contribution in [1.29, 1.82) is 0 Å². The summed E-state index contributed by atoms with van der Waals surface area (Å²) < 4.78 is 0. The van der Waals surface area contributed by atoms with Gasteiger partial charge in [0.15, 0.2) is 0 Å². The van der Waals surface area contributed by atoms with E-state index < -0.39 is 0 Å². The first-order valence-corrected chi connectivity index (χ1v) is 9.98. The Kier molecular flexibility index (Phi) is 4.41. The minimum Gasteiger partial charge on any atom is -0.351 e. The highest BCUT2D eigenvalue weighted by atomic mass is 32.1. The van der Waals surface area contributed by atoms with Gasteiger partial charge >= 0.3 is 0 Å². The number of amides is 1. The fraction of sp³-hybridized carbons (Fsp3) is 0.778. The zero-order chi connectivity index (χ0) is 15.8. The Hall–Kier alpha value is -0.940. The topological polar surface area (TPSA) is 45.2 Å². The summed E-state index contributed by atoms with van der Waals surface area (Å²) >= 11 is 1.62. The van der Waals surface area contributed by atoms with Gasteiger partial charge in [0, 0.05) is 31.1 Å². The number of hydrogen-bond donors (Lipinski definition) is 1. The maximum atomic E-state index is 12.4. The predicted octanol–water partition coefficient (Wildman–Crippen LogP) is 2.62. The van der Waals surface area contributed by atoms with E-state index in [1.54, 1.807) is 11.3 Å². The lowest BCUT2D eigenvalue weighted by Gasteiger charge is -2.30. The van der Waals surface area contributed by atoms with Gasteiger partial charge in [-0.25, -0.2) is 4.98 Å². The smallest absolute Gasteiger partial charge is 0.226 e. The molecule has 3 fully saturated rings. The fourth-order valence-corrected chi connectivity index (χ4v) is 4.78. The molecule has 5 heteroatoms. The Bertz CT molecular complexity index is 564. The Balaban J connectivity index is 1.32. The lowest BCUT2D eigenvalue weighted by Crippen LogP contribution is -2.42. The van der Waals surface area contributed by atoms with Gasteiger partial charge in [-0.3, -0.25) is 4.79 Å². The minimum atomic E-state index is 0.149. The van der Waals surface area contributed by atoms with Crippen molar-refractivity contribution in [1.82, 2.24) is 15.2 Å². The number of aromatic nitrogens is 1. The van der Waals surface area contributed by atoms with E-state index in [2.05, 4.69) is 15.2 Å². The molecule has 1 aromatic rings. The molecule has 1 aliphatic heterocycles. The van der Waals surface area contributed by atoms with Crippen molar-refractivity contribution in [3.63, 3.8) is 0 Å². The average Bonchev–Trinajstić information content (AvgIpc) is 3.12. The summed E-state index contributed by atoms with van der Waals surface area (Å²) in [7, 11) is 0. The maximum absolute atomic E-state index is 12.4. The zero-order valence-corrected chi connectivity index (χ0v) is 14.8. The maximum Gasteiger partial charge on any atom is 0.226 e. The molecule has 0 bridgehead atoms. The number of likely N-dealkylation sites (tertiary alicyclic amines) is 1. The van der Waals surface area contributed by atoms with Crippen LogP contribution in [0.15, 0.2) is 5.38 Å². The van der Waals surface area contributed by atoms with E-state index >= 15 is 0 Å². The number of rotatable bonds is 6. The van der Waals surface area contributed by atoms with Gasteiger partial charge in [0.1, 0.15) is 0 Å². The van der Waals surface area contributed by atoms with Crippen molar-refractivity contribution < 1.29 is 4.79 Å². The number of nitrogens with zero attached hydrogens (tertiary/aromatic N) is 2. The Morgan fingerprint density at radius 2 is 2.17 bits per heavy atom. The molecule has 4 nitrogen and oxygen atoms in total. The molecule has 1 aromatic heterocycles. The zero-order valence-electron chi connectivity index (χ0n) is 14.0. The third-order valence-electron chi connectivity index (χ3n) is 5.76. The molecule has 3 aliphatic rings. The highest BCUT2D eigenvalue weighted by Gasteiger charge is 2.43. The lowest BCUT2D eigenvalue weighted by molar-refractivity contribution is -0.121. The summed E-state index contributed by atoms with van der Waals surface area (Å²) in [4.78, 5) is 19.4. The first-order chi connectivity index (χ1) is 11.2. The van der Waals surface area contributed by atoms with Crippen LogP contribution in [0.4, 0.5) is 0 Å². The molecule has 1 amide bonds. The van der Waals surface area contributed by atoms with E-state index in [1.807, 2.05) is 12.3 Å². The van der Waals surface area contributed by atoms with Gasteiger partial charge in [0.25, 0.3) is 0 Å². The second-order valence-electron chi connectivity index (χ2n) is 7.73. The molecule has 23 heavy (non-hydrogen) atoms. The summed E-state index contributed by atoms with van der Waals surface area (Å²) in [5.74, 6) is 2.60. The van der Waals surface area contributed by atoms with Crippen LogP contribution < -0.4 is 5.32 Å². The van der Waals surface area contributed by atoms with Gasteiger partial charge in [0.2, 0.25) is 5.91 Å². The molecule has 1 N–H and O–H groups in total. The Morgan fingerprint density at radius 1 is 1.35 bits per heavy atom. The Morgan fingerprint density at radius 3 is 2.78 bits per heavy atom. The molecule has 0 unspecified atom stereocenters. The van der Waals surface area contributed by atoms with Crippen LogP contribution >= 0.6 is 11.3 Å². The van der Waals surface area contributed by atoms with Crippen molar-refractivity contribution in [2.75, 3.05) is 19.6 Å². The van der Waals surface area contributed by atoms with Gasteiger partial charge in [-0.1, -0.05) is 6.42 Å². The fourth-order valence-electron chi connectivity index (χ4n) is 4.17.